The summed E-state index contributed by atoms with van der Waals surface area (Å²) in [6, 6.07) is 18.3. The summed E-state index contributed by atoms with van der Waals surface area (Å²) < 4.78 is 2.27. The van der Waals surface area contributed by atoms with E-state index in [0.717, 1.165) is 22.0 Å². The Hall–Kier alpha value is -0.680. The van der Waals surface area contributed by atoms with Crippen LogP contribution in [0, 0.1) is 0 Å². The fourth-order valence-corrected chi connectivity index (χ4v) is 3.85. The van der Waals surface area contributed by atoms with Gasteiger partial charge in [0, 0.05) is 34.1 Å². The molecule has 0 bridgehead atoms. The van der Waals surface area contributed by atoms with Crippen LogP contribution < -0.4 is 10.6 Å². The lowest BCUT2D eigenvalue weighted by atomic mass is 9.90. The van der Waals surface area contributed by atoms with E-state index < -0.39 is 0 Å². The van der Waals surface area contributed by atoms with Crippen molar-refractivity contribution in [2.45, 2.75) is 50.9 Å². The van der Waals surface area contributed by atoms with Gasteiger partial charge < -0.3 is 10.6 Å². The van der Waals surface area contributed by atoms with Crippen LogP contribution in [-0.4, -0.2) is 12.1 Å². The maximum Gasteiger partial charge on any atom is 0.0224 e. The van der Waals surface area contributed by atoms with Gasteiger partial charge in [0.25, 0.3) is 0 Å². The molecular weight excluding hydrogens is 428 g/mol. The van der Waals surface area contributed by atoms with Gasteiger partial charge in [0.2, 0.25) is 0 Å². The molecule has 0 spiro atoms. The molecule has 0 heterocycles. The molecule has 1 fully saturated rings. The molecule has 128 valence electrons. The van der Waals surface area contributed by atoms with Gasteiger partial charge in [-0.1, -0.05) is 69.0 Å². The lowest BCUT2D eigenvalue weighted by molar-refractivity contribution is 0.281. The highest BCUT2D eigenvalue weighted by Gasteiger charge is 2.24. The molecule has 0 radical (unpaired) electrons. The average Bonchev–Trinajstić information content (AvgIpc) is 2.61. The Morgan fingerprint density at radius 3 is 1.42 bits per heavy atom. The highest BCUT2D eigenvalue weighted by atomic mass is 79.9. The van der Waals surface area contributed by atoms with Gasteiger partial charge in [0.1, 0.15) is 0 Å². The Bertz CT molecular complexity index is 568. The second kappa shape index (κ2) is 9.14. The number of rotatable bonds is 6. The van der Waals surface area contributed by atoms with Crippen molar-refractivity contribution in [1.29, 1.82) is 0 Å². The summed E-state index contributed by atoms with van der Waals surface area (Å²) in [6.07, 6.45) is 5.17. The van der Waals surface area contributed by atoms with Crippen molar-refractivity contribution in [3.8, 4) is 0 Å². The zero-order valence-corrected chi connectivity index (χ0v) is 16.9. The third-order valence-corrected chi connectivity index (χ3v) is 5.79. The van der Waals surface area contributed by atoms with Crippen LogP contribution in [0.25, 0.3) is 0 Å². The maximum atomic E-state index is 3.77. The molecule has 1 aliphatic rings. The van der Waals surface area contributed by atoms with Crippen LogP contribution in [0.4, 0.5) is 0 Å². The average molecular weight is 452 g/mol. The Labute approximate surface area is 161 Å². The van der Waals surface area contributed by atoms with E-state index in [9.17, 15) is 0 Å². The van der Waals surface area contributed by atoms with E-state index in [4.69, 9.17) is 0 Å². The van der Waals surface area contributed by atoms with Crippen molar-refractivity contribution >= 4 is 31.9 Å². The van der Waals surface area contributed by atoms with Crippen LogP contribution in [0.5, 0.6) is 0 Å². The highest BCUT2D eigenvalue weighted by Crippen LogP contribution is 2.20. The van der Waals surface area contributed by atoms with Gasteiger partial charge in [0.15, 0.2) is 0 Å². The van der Waals surface area contributed by atoms with Crippen molar-refractivity contribution in [1.82, 2.24) is 10.6 Å². The smallest absolute Gasteiger partial charge is 0.0224 e. The molecule has 0 aromatic heterocycles. The Kier molecular flexibility index (Phi) is 6.90. The highest BCUT2D eigenvalue weighted by molar-refractivity contribution is 9.10. The third-order valence-electron chi connectivity index (χ3n) is 4.73. The molecule has 24 heavy (non-hydrogen) atoms. The van der Waals surface area contributed by atoms with Crippen molar-refractivity contribution < 1.29 is 0 Å². The summed E-state index contributed by atoms with van der Waals surface area (Å²) in [5.41, 5.74) is 2.69. The van der Waals surface area contributed by atoms with E-state index >= 15 is 0 Å². The molecule has 3 rings (SSSR count). The lowest BCUT2D eigenvalue weighted by Crippen LogP contribution is -2.49. The molecule has 2 N–H and O–H groups in total. The van der Waals surface area contributed by atoms with E-state index in [2.05, 4.69) is 91.0 Å². The zero-order chi connectivity index (χ0) is 16.8. The van der Waals surface area contributed by atoms with E-state index in [0.29, 0.717) is 12.1 Å². The zero-order valence-electron chi connectivity index (χ0n) is 13.8. The second-order valence-electron chi connectivity index (χ2n) is 6.51. The molecule has 0 amide bonds. The minimum Gasteiger partial charge on any atom is -0.308 e. The molecule has 1 saturated carbocycles. The normalized spacial score (nSPS) is 20.9. The van der Waals surface area contributed by atoms with Gasteiger partial charge in [-0.3, -0.25) is 0 Å². The van der Waals surface area contributed by atoms with Crippen LogP contribution in [0.1, 0.15) is 36.8 Å². The molecule has 0 aliphatic heterocycles. The molecule has 0 unspecified atom stereocenters. The van der Waals surface area contributed by atoms with Crippen molar-refractivity contribution in [2.75, 3.05) is 0 Å². The number of hydrogen-bond acceptors (Lipinski definition) is 2. The molecule has 2 atom stereocenters. The van der Waals surface area contributed by atoms with Crippen LogP contribution in [0.3, 0.4) is 0 Å². The van der Waals surface area contributed by atoms with Gasteiger partial charge in [-0.05, 0) is 48.2 Å². The largest absolute Gasteiger partial charge is 0.308 e. The van der Waals surface area contributed by atoms with Crippen LogP contribution in [0.2, 0.25) is 0 Å². The standard InChI is InChI=1S/C20H24Br2N2/c21-17-9-5-15(6-10-17)13-23-19-3-1-2-4-20(19)24-14-16-7-11-18(22)12-8-16/h5-12,19-20,23-24H,1-4,13-14H2/t19-,20-/m0/s1. The number of hydrogen-bond donors (Lipinski definition) is 2. The summed E-state index contributed by atoms with van der Waals surface area (Å²) >= 11 is 6.99. The molecule has 2 aromatic rings. The predicted molar refractivity (Wildman–Crippen MR) is 108 cm³/mol. The van der Waals surface area contributed by atoms with Gasteiger partial charge in [-0.2, -0.15) is 0 Å². The van der Waals surface area contributed by atoms with Gasteiger partial charge >= 0.3 is 0 Å². The molecule has 4 heteroatoms. The Morgan fingerprint density at radius 2 is 1.04 bits per heavy atom. The summed E-state index contributed by atoms with van der Waals surface area (Å²) in [6.45, 7) is 1.88. The first-order valence-corrected chi connectivity index (χ1v) is 10.2. The quantitative estimate of drug-likeness (QED) is 0.614. The summed E-state index contributed by atoms with van der Waals surface area (Å²) in [7, 11) is 0. The minimum atomic E-state index is 0.554. The monoisotopic (exact) mass is 450 g/mol. The first-order chi connectivity index (χ1) is 11.7. The third kappa shape index (κ3) is 5.41. The fraction of sp³-hybridized carbons (Fsp3) is 0.400. The minimum absolute atomic E-state index is 0.554. The van der Waals surface area contributed by atoms with Crippen LogP contribution in [0.15, 0.2) is 57.5 Å². The number of halogens is 2. The lowest BCUT2D eigenvalue weighted by Gasteiger charge is -2.33. The molecule has 0 saturated heterocycles. The Morgan fingerprint density at radius 1 is 0.667 bits per heavy atom. The van der Waals surface area contributed by atoms with Crippen molar-refractivity contribution in [2.24, 2.45) is 0 Å². The van der Waals surface area contributed by atoms with E-state index in [1.54, 1.807) is 0 Å². The van der Waals surface area contributed by atoms with E-state index in [-0.39, 0.29) is 0 Å². The van der Waals surface area contributed by atoms with E-state index in [1.165, 1.54) is 36.8 Å². The number of nitrogens with one attached hydrogen (secondary N) is 2. The van der Waals surface area contributed by atoms with Crippen molar-refractivity contribution in [3.05, 3.63) is 68.6 Å². The fourth-order valence-electron chi connectivity index (χ4n) is 3.32. The van der Waals surface area contributed by atoms with Crippen LogP contribution in [-0.2, 0) is 13.1 Å². The predicted octanol–water partition coefficient (Wildman–Crippen LogP) is 5.40. The van der Waals surface area contributed by atoms with Crippen molar-refractivity contribution in [3.63, 3.8) is 0 Å². The van der Waals surface area contributed by atoms with E-state index in [1.807, 2.05) is 0 Å². The second-order valence-corrected chi connectivity index (χ2v) is 8.34. The molecular formula is C20H24Br2N2. The van der Waals surface area contributed by atoms with Crippen LogP contribution >= 0.6 is 31.9 Å². The molecule has 2 nitrogen and oxygen atoms in total. The molecule has 1 aliphatic carbocycles. The first kappa shape index (κ1) is 18.1. The molecule has 2 aromatic carbocycles. The SMILES string of the molecule is Brc1ccc(CN[C@H]2CCCC[C@@H]2NCc2ccc(Br)cc2)cc1. The number of benzene rings is 2. The summed E-state index contributed by atoms with van der Waals surface area (Å²) in [5, 5.41) is 7.54. The van der Waals surface area contributed by atoms with Gasteiger partial charge in [0.05, 0.1) is 0 Å². The summed E-state index contributed by atoms with van der Waals surface area (Å²) in [4.78, 5) is 0. The summed E-state index contributed by atoms with van der Waals surface area (Å²) in [5.74, 6) is 0. The Balaban J connectivity index is 1.52. The van der Waals surface area contributed by atoms with Gasteiger partial charge in [-0.25, -0.2) is 0 Å². The topological polar surface area (TPSA) is 24.1 Å². The first-order valence-electron chi connectivity index (χ1n) is 8.66. The van der Waals surface area contributed by atoms with Gasteiger partial charge in [-0.15, -0.1) is 0 Å². The maximum absolute atomic E-state index is 3.77.